The lowest BCUT2D eigenvalue weighted by molar-refractivity contribution is 0.479. The van der Waals surface area contributed by atoms with Gasteiger partial charge in [0.1, 0.15) is 11.3 Å². The van der Waals surface area contributed by atoms with Gasteiger partial charge < -0.3 is 5.11 Å². The van der Waals surface area contributed by atoms with Crippen LogP contribution in [0.15, 0.2) is 128 Å². The average Bonchev–Trinajstić information content (AvgIpc) is 3.11. The Hall–Kier alpha value is -6.18. The van der Waals surface area contributed by atoms with E-state index in [1.807, 2.05) is 60.8 Å². The van der Waals surface area contributed by atoms with Crippen LogP contribution in [0.5, 0.6) is 5.75 Å². The van der Waals surface area contributed by atoms with E-state index in [4.69, 9.17) is 9.97 Å². The molecule has 50 heavy (non-hydrogen) atoms. The number of rotatable bonds is 3. The van der Waals surface area contributed by atoms with E-state index >= 15 is 0 Å². The molecular weight excluding hydrogens is 611 g/mol. The van der Waals surface area contributed by atoms with E-state index in [0.717, 1.165) is 45.0 Å². The molecule has 4 nitrogen and oxygen atoms in total. The number of aromatic nitrogens is 2. The maximum atomic E-state index is 11.4. The largest absolute Gasteiger partial charge is 0.504 e. The van der Waals surface area contributed by atoms with Gasteiger partial charge in [-0.1, -0.05) is 104 Å². The van der Waals surface area contributed by atoms with E-state index in [0.29, 0.717) is 11.1 Å². The van der Waals surface area contributed by atoms with Gasteiger partial charge in [-0.2, -0.15) is 0 Å². The lowest BCUT2D eigenvalue weighted by atomic mass is 9.73. The summed E-state index contributed by atoms with van der Waals surface area (Å²) in [6, 6.07) is 41.6. The molecule has 4 heteroatoms. The number of aryl methyl sites for hydroxylation is 3. The molecule has 1 N–H and O–H groups in total. The van der Waals surface area contributed by atoms with E-state index in [-0.39, 0.29) is 11.2 Å². The molecule has 0 radical (unpaired) electrons. The molecular formula is C46H37N3O. The first kappa shape index (κ1) is 31.1. The molecule has 0 bridgehead atoms. The van der Waals surface area contributed by atoms with E-state index < -0.39 is 0 Å². The molecule has 3 heterocycles. The molecule has 0 spiro atoms. The zero-order valence-electron chi connectivity index (χ0n) is 28.9. The van der Waals surface area contributed by atoms with Crippen LogP contribution < -0.4 is 4.90 Å². The molecule has 1 aliphatic rings. The fraction of sp³-hybridized carbons (Fsp3) is 0.130. The van der Waals surface area contributed by atoms with Gasteiger partial charge in [-0.3, -0.25) is 4.90 Å². The summed E-state index contributed by atoms with van der Waals surface area (Å²) in [5, 5.41) is 12.2. The molecule has 0 saturated heterocycles. The Bertz CT molecular complexity index is 2500. The van der Waals surface area contributed by atoms with E-state index in [9.17, 15) is 5.11 Å². The van der Waals surface area contributed by atoms with Gasteiger partial charge in [-0.25, -0.2) is 9.97 Å². The van der Waals surface area contributed by atoms with Crippen LogP contribution in [0, 0.1) is 32.6 Å². The number of phenols is 1. The van der Waals surface area contributed by atoms with E-state index in [1.165, 1.54) is 33.4 Å². The Morgan fingerprint density at radius 3 is 2.18 bits per heavy atom. The van der Waals surface area contributed by atoms with Crippen LogP contribution in [0.3, 0.4) is 0 Å². The Labute approximate surface area is 293 Å². The Morgan fingerprint density at radius 1 is 0.660 bits per heavy atom. The minimum atomic E-state index is -0.246. The minimum absolute atomic E-state index is 0.0881. The van der Waals surface area contributed by atoms with Crippen molar-refractivity contribution < 1.29 is 5.11 Å². The topological polar surface area (TPSA) is 49.2 Å². The maximum Gasteiger partial charge on any atom is 0.157 e. The van der Waals surface area contributed by atoms with Crippen molar-refractivity contribution in [2.24, 2.45) is 0 Å². The number of aromatic hydroxyl groups is 1. The van der Waals surface area contributed by atoms with Gasteiger partial charge in [0.05, 0.1) is 22.6 Å². The first-order valence-electron chi connectivity index (χ1n) is 17.0. The molecule has 0 unspecified atom stereocenters. The summed E-state index contributed by atoms with van der Waals surface area (Å²) >= 11 is 0. The number of hydrogen-bond donors (Lipinski definition) is 1. The molecule has 5 aromatic carbocycles. The van der Waals surface area contributed by atoms with Crippen molar-refractivity contribution in [3.05, 3.63) is 166 Å². The van der Waals surface area contributed by atoms with Crippen LogP contribution in [-0.4, -0.2) is 15.1 Å². The highest BCUT2D eigenvalue weighted by Gasteiger charge is 2.37. The summed E-state index contributed by atoms with van der Waals surface area (Å²) in [7, 11) is 0. The maximum absolute atomic E-state index is 11.4. The second-order valence-corrected chi connectivity index (χ2v) is 13.7. The first-order chi connectivity index (χ1) is 24.2. The average molecular weight is 648 g/mol. The fourth-order valence-electron chi connectivity index (χ4n) is 7.55. The highest BCUT2D eigenvalue weighted by molar-refractivity contribution is 5.91. The molecule has 242 valence electrons. The van der Waals surface area contributed by atoms with Gasteiger partial charge in [0, 0.05) is 28.1 Å². The number of pyridine rings is 2. The van der Waals surface area contributed by atoms with Crippen LogP contribution in [0.2, 0.25) is 0 Å². The number of para-hydroxylation sites is 1. The highest BCUT2D eigenvalue weighted by atomic mass is 16.3. The quantitative estimate of drug-likeness (QED) is 0.194. The molecule has 0 saturated carbocycles. The molecule has 0 fully saturated rings. The molecule has 0 amide bonds. The smallest absolute Gasteiger partial charge is 0.157 e. The van der Waals surface area contributed by atoms with Crippen molar-refractivity contribution in [1.29, 1.82) is 0 Å². The number of nitrogens with zero attached hydrogens (tertiary/aromatic N) is 3. The fourth-order valence-corrected chi connectivity index (χ4v) is 7.55. The summed E-state index contributed by atoms with van der Waals surface area (Å²) in [6.45, 7) is 11.1. The zero-order chi connectivity index (χ0) is 34.6. The van der Waals surface area contributed by atoms with Crippen molar-refractivity contribution in [3.63, 3.8) is 0 Å². The molecule has 7 aromatic rings. The van der Waals surface area contributed by atoms with Crippen LogP contribution in [0.1, 0.15) is 52.8 Å². The van der Waals surface area contributed by atoms with Gasteiger partial charge in [-0.15, -0.1) is 0 Å². The van der Waals surface area contributed by atoms with Gasteiger partial charge in [-0.05, 0) is 103 Å². The monoisotopic (exact) mass is 647 g/mol. The lowest BCUT2D eigenvalue weighted by Gasteiger charge is -2.41. The SMILES string of the molecule is Cc1cc(C)c(-c2ccnc(N3c4ccccc4C(C)(C)c4ccc(-c5ccc6ccc(C#Cc7ccccc7)c(O)c6n5)cc43)c2)c(C)c1. The third-order valence-corrected chi connectivity index (χ3v) is 9.92. The number of benzene rings is 5. The minimum Gasteiger partial charge on any atom is -0.504 e. The molecule has 8 rings (SSSR count). The van der Waals surface area contributed by atoms with Gasteiger partial charge in [0.25, 0.3) is 0 Å². The Morgan fingerprint density at radius 2 is 1.38 bits per heavy atom. The number of anilines is 3. The molecule has 2 aromatic heterocycles. The summed E-state index contributed by atoms with van der Waals surface area (Å²) in [5.41, 5.74) is 14.2. The van der Waals surface area contributed by atoms with Crippen molar-refractivity contribution in [2.75, 3.05) is 4.90 Å². The summed E-state index contributed by atoms with van der Waals surface area (Å²) in [4.78, 5) is 12.3. The number of hydrogen-bond acceptors (Lipinski definition) is 4. The third-order valence-electron chi connectivity index (χ3n) is 9.92. The van der Waals surface area contributed by atoms with E-state index in [2.05, 4.69) is 118 Å². The lowest BCUT2D eigenvalue weighted by Crippen LogP contribution is -2.31. The summed E-state index contributed by atoms with van der Waals surface area (Å²) < 4.78 is 0. The van der Waals surface area contributed by atoms with Crippen molar-refractivity contribution in [3.8, 4) is 40.0 Å². The molecule has 0 atom stereocenters. The van der Waals surface area contributed by atoms with Crippen LogP contribution >= 0.6 is 0 Å². The normalized spacial score (nSPS) is 12.9. The summed E-state index contributed by atoms with van der Waals surface area (Å²) in [5.74, 6) is 7.24. The van der Waals surface area contributed by atoms with Crippen molar-refractivity contribution >= 4 is 28.1 Å². The van der Waals surface area contributed by atoms with Crippen LogP contribution in [-0.2, 0) is 5.41 Å². The first-order valence-corrected chi connectivity index (χ1v) is 17.0. The van der Waals surface area contributed by atoms with Crippen LogP contribution in [0.4, 0.5) is 17.2 Å². The second-order valence-electron chi connectivity index (χ2n) is 13.7. The van der Waals surface area contributed by atoms with Gasteiger partial charge >= 0.3 is 0 Å². The third kappa shape index (κ3) is 5.29. The second kappa shape index (κ2) is 12.1. The summed E-state index contributed by atoms with van der Waals surface area (Å²) in [6.07, 6.45) is 1.92. The zero-order valence-corrected chi connectivity index (χ0v) is 28.9. The van der Waals surface area contributed by atoms with Gasteiger partial charge in [0.2, 0.25) is 0 Å². The molecule has 0 aliphatic carbocycles. The van der Waals surface area contributed by atoms with Crippen LogP contribution in [0.25, 0.3) is 33.3 Å². The van der Waals surface area contributed by atoms with Gasteiger partial charge in [0.15, 0.2) is 5.75 Å². The Balaban J connectivity index is 1.27. The Kier molecular flexibility index (Phi) is 7.50. The number of phenolic OH excluding ortho intramolecular Hbond substituents is 1. The molecule has 1 aliphatic heterocycles. The standard InChI is InChI=1S/C46H37N3O/c1-29-25-30(2)43(31(3)26-29)36-23-24-47-42(28-36)49-40-14-10-9-13-37(40)46(4,5)38-21-19-35(27-41(38)49)39-22-20-33-17-18-34(45(50)44(33)48-39)16-15-32-11-7-6-8-12-32/h6-14,17-28,50H,1-5H3. The predicted molar refractivity (Wildman–Crippen MR) is 206 cm³/mol. The predicted octanol–water partition coefficient (Wildman–Crippen LogP) is 11.1. The highest BCUT2D eigenvalue weighted by Crippen LogP contribution is 2.52. The number of fused-ring (bicyclic) bond motifs is 3. The van der Waals surface area contributed by atoms with E-state index in [1.54, 1.807) is 0 Å². The van der Waals surface area contributed by atoms with Crippen molar-refractivity contribution in [2.45, 2.75) is 40.0 Å². The van der Waals surface area contributed by atoms with Crippen molar-refractivity contribution in [1.82, 2.24) is 9.97 Å².